The van der Waals surface area contributed by atoms with Crippen molar-refractivity contribution in [3.8, 4) is 22.9 Å². The van der Waals surface area contributed by atoms with Crippen LogP contribution in [0.2, 0.25) is 0 Å². The number of benzene rings is 2. The van der Waals surface area contributed by atoms with Crippen LogP contribution in [0.5, 0.6) is 11.5 Å². The van der Waals surface area contributed by atoms with Crippen molar-refractivity contribution in [2.45, 2.75) is 35.8 Å². The number of thioether (sulfide) groups is 1. The van der Waals surface area contributed by atoms with E-state index in [1.807, 2.05) is 48.5 Å². The van der Waals surface area contributed by atoms with Crippen molar-refractivity contribution in [1.29, 1.82) is 0 Å². The molecule has 9 heteroatoms. The van der Waals surface area contributed by atoms with Gasteiger partial charge in [0.25, 0.3) is 0 Å². The van der Waals surface area contributed by atoms with Crippen LogP contribution in [0.1, 0.15) is 30.1 Å². The molecule has 0 bridgehead atoms. The summed E-state index contributed by atoms with van der Waals surface area (Å²) >= 11 is 1.45. The summed E-state index contributed by atoms with van der Waals surface area (Å²) < 4.78 is 16.1. The second-order valence-electron chi connectivity index (χ2n) is 7.72. The minimum Gasteiger partial charge on any atom is -0.497 e. The van der Waals surface area contributed by atoms with Crippen molar-refractivity contribution in [2.75, 3.05) is 27.4 Å². The quantitative estimate of drug-likeness (QED) is 0.434. The average Bonchev–Trinajstić information content (AvgIpc) is 3.55. The van der Waals surface area contributed by atoms with Gasteiger partial charge in [0.1, 0.15) is 11.5 Å². The molecule has 1 aliphatic rings. The molecule has 3 aromatic rings. The molecule has 0 unspecified atom stereocenters. The number of amides is 1. The first-order valence-electron chi connectivity index (χ1n) is 10.9. The summed E-state index contributed by atoms with van der Waals surface area (Å²) in [6.07, 6.45) is 2.45. The molecule has 1 aliphatic heterocycles. The predicted octanol–water partition coefficient (Wildman–Crippen LogP) is 4.01. The van der Waals surface area contributed by atoms with E-state index in [-0.39, 0.29) is 17.3 Å². The highest BCUT2D eigenvalue weighted by atomic mass is 32.2. The molecule has 2 heterocycles. The molecule has 1 aromatic heterocycles. The van der Waals surface area contributed by atoms with E-state index < -0.39 is 0 Å². The van der Waals surface area contributed by atoms with Gasteiger partial charge in [0.15, 0.2) is 5.82 Å². The van der Waals surface area contributed by atoms with E-state index in [9.17, 15) is 4.79 Å². The Morgan fingerprint density at radius 1 is 1.15 bits per heavy atom. The third-order valence-corrected chi connectivity index (χ3v) is 6.60. The Morgan fingerprint density at radius 2 is 1.85 bits per heavy atom. The zero-order chi connectivity index (χ0) is 23.0. The third kappa shape index (κ3) is 6.27. The SMILES string of the molecule is COc1ccc(-c2nc(S[C@@H](CC(=O)NC[C@@H]3CCCO3)c3ccc(OC)cc3)n[nH]2)cc1. The van der Waals surface area contributed by atoms with E-state index in [1.54, 1.807) is 14.2 Å². The van der Waals surface area contributed by atoms with Crippen LogP contribution >= 0.6 is 11.8 Å². The Kier molecular flexibility index (Phi) is 7.85. The topological polar surface area (TPSA) is 98.4 Å². The van der Waals surface area contributed by atoms with Gasteiger partial charge < -0.3 is 19.5 Å². The smallest absolute Gasteiger partial charge is 0.221 e. The monoisotopic (exact) mass is 468 g/mol. The number of methoxy groups -OCH3 is 2. The third-order valence-electron chi connectivity index (χ3n) is 5.49. The molecule has 174 valence electrons. The van der Waals surface area contributed by atoms with E-state index in [4.69, 9.17) is 14.2 Å². The van der Waals surface area contributed by atoms with E-state index in [0.717, 1.165) is 42.1 Å². The molecule has 1 fully saturated rings. The molecule has 1 saturated heterocycles. The number of aromatic nitrogens is 3. The summed E-state index contributed by atoms with van der Waals surface area (Å²) in [7, 11) is 3.27. The van der Waals surface area contributed by atoms with Crippen LogP contribution in [-0.4, -0.2) is 54.6 Å². The number of carbonyl (C=O) groups excluding carboxylic acids is 1. The van der Waals surface area contributed by atoms with Crippen molar-refractivity contribution in [2.24, 2.45) is 0 Å². The van der Waals surface area contributed by atoms with Crippen LogP contribution in [-0.2, 0) is 9.53 Å². The molecule has 33 heavy (non-hydrogen) atoms. The molecule has 0 aliphatic carbocycles. The number of nitrogens with one attached hydrogen (secondary N) is 2. The van der Waals surface area contributed by atoms with Gasteiger partial charge in [-0.2, -0.15) is 0 Å². The second kappa shape index (κ2) is 11.2. The number of aromatic amines is 1. The van der Waals surface area contributed by atoms with Gasteiger partial charge >= 0.3 is 0 Å². The van der Waals surface area contributed by atoms with Crippen molar-refractivity contribution < 1.29 is 19.0 Å². The fraction of sp³-hybridized carbons (Fsp3) is 0.375. The maximum atomic E-state index is 12.7. The summed E-state index contributed by atoms with van der Waals surface area (Å²) in [4.78, 5) is 17.3. The molecule has 0 saturated carbocycles. The Labute approximate surface area is 197 Å². The van der Waals surface area contributed by atoms with Gasteiger partial charge in [0, 0.05) is 30.4 Å². The summed E-state index contributed by atoms with van der Waals surface area (Å²) in [5.41, 5.74) is 1.91. The lowest BCUT2D eigenvalue weighted by Crippen LogP contribution is -2.32. The fourth-order valence-electron chi connectivity index (χ4n) is 3.62. The highest BCUT2D eigenvalue weighted by Crippen LogP contribution is 2.37. The molecule has 2 aromatic carbocycles. The normalized spacial score (nSPS) is 16.4. The second-order valence-corrected chi connectivity index (χ2v) is 8.89. The van der Waals surface area contributed by atoms with Crippen molar-refractivity contribution in [3.63, 3.8) is 0 Å². The first-order chi connectivity index (χ1) is 16.1. The zero-order valence-electron chi connectivity index (χ0n) is 18.7. The number of ether oxygens (including phenoxy) is 3. The zero-order valence-corrected chi connectivity index (χ0v) is 19.6. The van der Waals surface area contributed by atoms with Gasteiger partial charge in [0.05, 0.1) is 20.3 Å². The Hall–Kier alpha value is -3.04. The summed E-state index contributed by atoms with van der Waals surface area (Å²) in [5.74, 6) is 2.19. The van der Waals surface area contributed by atoms with Crippen LogP contribution in [0.3, 0.4) is 0 Å². The van der Waals surface area contributed by atoms with Gasteiger partial charge in [-0.25, -0.2) is 4.98 Å². The van der Waals surface area contributed by atoms with Crippen molar-refractivity contribution >= 4 is 17.7 Å². The van der Waals surface area contributed by atoms with E-state index in [0.29, 0.717) is 23.9 Å². The molecule has 0 radical (unpaired) electrons. The molecule has 8 nitrogen and oxygen atoms in total. The number of hydrogen-bond acceptors (Lipinski definition) is 7. The number of H-pyrrole nitrogens is 1. The lowest BCUT2D eigenvalue weighted by molar-refractivity contribution is -0.121. The summed E-state index contributed by atoms with van der Waals surface area (Å²) in [6, 6.07) is 15.3. The Morgan fingerprint density at radius 3 is 2.48 bits per heavy atom. The molecular weight excluding hydrogens is 440 g/mol. The first kappa shape index (κ1) is 23.1. The van der Waals surface area contributed by atoms with Gasteiger partial charge in [-0.1, -0.05) is 23.9 Å². The van der Waals surface area contributed by atoms with Gasteiger partial charge in [-0.05, 0) is 54.8 Å². The molecular formula is C24H28N4O4S. The average molecular weight is 469 g/mol. The number of rotatable bonds is 10. The standard InChI is InChI=1S/C24H28N4O4S/c1-30-18-9-5-16(6-10-18)21(14-22(29)25-15-20-4-3-13-32-20)33-24-26-23(27-28-24)17-7-11-19(31-2)12-8-17/h5-12,20-21H,3-4,13-15H2,1-2H3,(H,25,29)(H,26,27,28)/t20-,21-/m0/s1. The fourth-order valence-corrected chi connectivity index (χ4v) is 4.65. The first-order valence-corrected chi connectivity index (χ1v) is 11.8. The molecule has 1 amide bonds. The lowest BCUT2D eigenvalue weighted by Gasteiger charge is -2.17. The highest BCUT2D eigenvalue weighted by molar-refractivity contribution is 7.99. The van der Waals surface area contributed by atoms with Crippen LogP contribution < -0.4 is 14.8 Å². The number of carbonyl (C=O) groups is 1. The minimum absolute atomic E-state index is 0.0234. The summed E-state index contributed by atoms with van der Waals surface area (Å²) in [6.45, 7) is 1.31. The highest BCUT2D eigenvalue weighted by Gasteiger charge is 2.22. The molecule has 4 rings (SSSR count). The lowest BCUT2D eigenvalue weighted by atomic mass is 10.1. The van der Waals surface area contributed by atoms with Crippen LogP contribution in [0.4, 0.5) is 0 Å². The number of nitrogens with zero attached hydrogens (tertiary/aromatic N) is 2. The number of hydrogen-bond donors (Lipinski definition) is 2. The van der Waals surface area contributed by atoms with E-state index >= 15 is 0 Å². The summed E-state index contributed by atoms with van der Waals surface area (Å²) in [5, 5.41) is 10.8. The van der Waals surface area contributed by atoms with Gasteiger partial charge in [0.2, 0.25) is 11.1 Å². The molecule has 0 spiro atoms. The van der Waals surface area contributed by atoms with E-state index in [1.165, 1.54) is 11.8 Å². The van der Waals surface area contributed by atoms with Crippen LogP contribution in [0.25, 0.3) is 11.4 Å². The maximum Gasteiger partial charge on any atom is 0.221 e. The predicted molar refractivity (Wildman–Crippen MR) is 127 cm³/mol. The minimum atomic E-state index is -0.153. The van der Waals surface area contributed by atoms with Crippen LogP contribution in [0, 0.1) is 0 Å². The van der Waals surface area contributed by atoms with Crippen molar-refractivity contribution in [1.82, 2.24) is 20.5 Å². The van der Waals surface area contributed by atoms with E-state index in [2.05, 4.69) is 20.5 Å². The van der Waals surface area contributed by atoms with Gasteiger partial charge in [-0.3, -0.25) is 9.89 Å². The van der Waals surface area contributed by atoms with Crippen LogP contribution in [0.15, 0.2) is 53.7 Å². The van der Waals surface area contributed by atoms with Gasteiger partial charge in [-0.15, -0.1) is 5.10 Å². The van der Waals surface area contributed by atoms with Crippen molar-refractivity contribution in [3.05, 3.63) is 54.1 Å². The molecule has 2 atom stereocenters. The molecule has 2 N–H and O–H groups in total. The Balaban J connectivity index is 1.46. The Bertz CT molecular complexity index is 1030. The maximum absolute atomic E-state index is 12.7. The largest absolute Gasteiger partial charge is 0.497 e.